The third kappa shape index (κ3) is 4.22. The fourth-order valence-electron chi connectivity index (χ4n) is 2.10. The van der Waals surface area contributed by atoms with Gasteiger partial charge in [-0.05, 0) is 41.5 Å². The fraction of sp³-hybridized carbons (Fsp3) is 0.412. The van der Waals surface area contributed by atoms with E-state index in [0.29, 0.717) is 6.04 Å². The highest BCUT2D eigenvalue weighted by atomic mass is 79.9. The van der Waals surface area contributed by atoms with Gasteiger partial charge in [-0.15, -0.1) is 0 Å². The molecule has 0 saturated heterocycles. The van der Waals surface area contributed by atoms with Gasteiger partial charge in [-0.2, -0.15) is 0 Å². The van der Waals surface area contributed by atoms with Crippen molar-refractivity contribution < 1.29 is 4.74 Å². The van der Waals surface area contributed by atoms with Gasteiger partial charge in [0, 0.05) is 17.1 Å². The molecule has 108 valence electrons. The molecule has 0 saturated carbocycles. The van der Waals surface area contributed by atoms with Crippen LogP contribution in [0.25, 0.3) is 10.8 Å². The number of halogens is 1. The molecular formula is C17H22BrNO. The predicted octanol–water partition coefficient (Wildman–Crippen LogP) is 4.76. The fourth-order valence-corrected chi connectivity index (χ4v) is 2.48. The van der Waals surface area contributed by atoms with E-state index in [9.17, 15) is 0 Å². The lowest BCUT2D eigenvalue weighted by molar-refractivity contribution is 0.190. The molecule has 2 aromatic rings. The Balaban J connectivity index is 2.10. The minimum Gasteiger partial charge on any atom is -0.489 e. The number of hydrogen-bond donors (Lipinski definition) is 1. The maximum atomic E-state index is 6.08. The van der Waals surface area contributed by atoms with Gasteiger partial charge in [-0.1, -0.05) is 48.8 Å². The Kier molecular flexibility index (Phi) is 5.44. The second kappa shape index (κ2) is 7.09. The van der Waals surface area contributed by atoms with Crippen molar-refractivity contribution >= 4 is 26.7 Å². The van der Waals surface area contributed by atoms with Crippen LogP contribution in [0.1, 0.15) is 27.2 Å². The summed E-state index contributed by atoms with van der Waals surface area (Å²) in [7, 11) is 0. The van der Waals surface area contributed by atoms with E-state index in [0.717, 1.165) is 23.2 Å². The highest BCUT2D eigenvalue weighted by molar-refractivity contribution is 9.10. The maximum absolute atomic E-state index is 6.08. The van der Waals surface area contributed by atoms with Crippen LogP contribution in [0, 0.1) is 0 Å². The second-order valence-corrected chi connectivity index (χ2v) is 6.28. The van der Waals surface area contributed by atoms with Crippen molar-refractivity contribution in [2.75, 3.05) is 6.54 Å². The van der Waals surface area contributed by atoms with Gasteiger partial charge in [0.15, 0.2) is 0 Å². The van der Waals surface area contributed by atoms with Gasteiger partial charge in [0.25, 0.3) is 0 Å². The summed E-state index contributed by atoms with van der Waals surface area (Å²) in [5.41, 5.74) is 0. The SMILES string of the molecule is CCC(CNC(C)C)Oc1ccc2cc(Br)ccc2c1. The molecule has 0 fully saturated rings. The lowest BCUT2D eigenvalue weighted by Crippen LogP contribution is -2.34. The van der Waals surface area contributed by atoms with E-state index >= 15 is 0 Å². The van der Waals surface area contributed by atoms with Crippen LogP contribution in [0.3, 0.4) is 0 Å². The summed E-state index contributed by atoms with van der Waals surface area (Å²) >= 11 is 3.50. The van der Waals surface area contributed by atoms with Gasteiger partial charge in [0.2, 0.25) is 0 Å². The molecule has 0 radical (unpaired) electrons. The van der Waals surface area contributed by atoms with Crippen LogP contribution in [0.5, 0.6) is 5.75 Å². The average molecular weight is 336 g/mol. The smallest absolute Gasteiger partial charge is 0.120 e. The number of hydrogen-bond acceptors (Lipinski definition) is 2. The van der Waals surface area contributed by atoms with E-state index < -0.39 is 0 Å². The minimum atomic E-state index is 0.213. The Bertz CT molecular complexity index is 568. The maximum Gasteiger partial charge on any atom is 0.120 e. The molecule has 0 aliphatic heterocycles. The van der Waals surface area contributed by atoms with Gasteiger partial charge < -0.3 is 10.1 Å². The van der Waals surface area contributed by atoms with Crippen molar-refractivity contribution in [3.63, 3.8) is 0 Å². The molecular weight excluding hydrogens is 314 g/mol. The van der Waals surface area contributed by atoms with Crippen LogP contribution in [0.4, 0.5) is 0 Å². The zero-order valence-corrected chi connectivity index (χ0v) is 13.9. The summed E-state index contributed by atoms with van der Waals surface area (Å²) < 4.78 is 7.18. The van der Waals surface area contributed by atoms with Gasteiger partial charge in [-0.3, -0.25) is 0 Å². The highest BCUT2D eigenvalue weighted by Crippen LogP contribution is 2.24. The lowest BCUT2D eigenvalue weighted by atomic mass is 10.1. The van der Waals surface area contributed by atoms with Crippen LogP contribution in [-0.4, -0.2) is 18.7 Å². The van der Waals surface area contributed by atoms with Crippen LogP contribution < -0.4 is 10.1 Å². The van der Waals surface area contributed by atoms with Crippen molar-refractivity contribution in [3.8, 4) is 5.75 Å². The first-order valence-corrected chi connectivity index (χ1v) is 7.97. The van der Waals surface area contributed by atoms with Crippen molar-refractivity contribution in [3.05, 3.63) is 40.9 Å². The van der Waals surface area contributed by atoms with Gasteiger partial charge in [0.05, 0.1) is 0 Å². The molecule has 1 unspecified atom stereocenters. The first-order valence-electron chi connectivity index (χ1n) is 7.18. The molecule has 0 bridgehead atoms. The summed E-state index contributed by atoms with van der Waals surface area (Å²) in [6.45, 7) is 7.35. The Labute approximate surface area is 129 Å². The lowest BCUT2D eigenvalue weighted by Gasteiger charge is -2.20. The van der Waals surface area contributed by atoms with E-state index in [1.165, 1.54) is 10.8 Å². The molecule has 3 heteroatoms. The number of rotatable bonds is 6. The number of nitrogens with one attached hydrogen (secondary N) is 1. The summed E-state index contributed by atoms with van der Waals surface area (Å²) in [5.74, 6) is 0.942. The molecule has 20 heavy (non-hydrogen) atoms. The third-order valence-electron chi connectivity index (χ3n) is 3.29. The number of benzene rings is 2. The monoisotopic (exact) mass is 335 g/mol. The number of fused-ring (bicyclic) bond motifs is 1. The molecule has 2 aromatic carbocycles. The van der Waals surface area contributed by atoms with Crippen LogP contribution in [0.15, 0.2) is 40.9 Å². The zero-order valence-electron chi connectivity index (χ0n) is 12.3. The van der Waals surface area contributed by atoms with Crippen molar-refractivity contribution in [1.29, 1.82) is 0 Å². The summed E-state index contributed by atoms with van der Waals surface area (Å²) in [6.07, 6.45) is 1.21. The standard InChI is InChI=1S/C17H22BrNO/c1-4-16(11-19-12(2)3)20-17-8-6-13-9-15(18)7-5-14(13)10-17/h5-10,12,16,19H,4,11H2,1-3H3. The quantitative estimate of drug-likeness (QED) is 0.821. The highest BCUT2D eigenvalue weighted by Gasteiger charge is 2.09. The summed E-state index contributed by atoms with van der Waals surface area (Å²) in [6, 6.07) is 13.0. The molecule has 1 N–H and O–H groups in total. The third-order valence-corrected chi connectivity index (χ3v) is 3.78. The van der Waals surface area contributed by atoms with Crippen LogP contribution >= 0.6 is 15.9 Å². The Morgan fingerprint density at radius 1 is 1.10 bits per heavy atom. The van der Waals surface area contributed by atoms with Crippen LogP contribution in [0.2, 0.25) is 0 Å². The summed E-state index contributed by atoms with van der Waals surface area (Å²) in [4.78, 5) is 0. The molecule has 0 aromatic heterocycles. The van der Waals surface area contributed by atoms with E-state index in [4.69, 9.17) is 4.74 Å². The van der Waals surface area contributed by atoms with Crippen molar-refractivity contribution in [2.24, 2.45) is 0 Å². The van der Waals surface area contributed by atoms with Crippen LogP contribution in [-0.2, 0) is 0 Å². The number of ether oxygens (including phenoxy) is 1. The normalized spacial score (nSPS) is 12.8. The van der Waals surface area contributed by atoms with E-state index in [1.54, 1.807) is 0 Å². The first kappa shape index (κ1) is 15.3. The Morgan fingerprint density at radius 3 is 2.50 bits per heavy atom. The van der Waals surface area contributed by atoms with Crippen molar-refractivity contribution in [1.82, 2.24) is 5.32 Å². The van der Waals surface area contributed by atoms with Gasteiger partial charge in [-0.25, -0.2) is 0 Å². The Morgan fingerprint density at radius 2 is 1.80 bits per heavy atom. The van der Waals surface area contributed by atoms with Gasteiger partial charge in [0.1, 0.15) is 11.9 Å². The van der Waals surface area contributed by atoms with Crippen molar-refractivity contribution in [2.45, 2.75) is 39.3 Å². The van der Waals surface area contributed by atoms with E-state index in [-0.39, 0.29) is 6.10 Å². The molecule has 2 nitrogen and oxygen atoms in total. The van der Waals surface area contributed by atoms with E-state index in [1.807, 2.05) is 6.07 Å². The second-order valence-electron chi connectivity index (χ2n) is 5.36. The topological polar surface area (TPSA) is 21.3 Å². The minimum absolute atomic E-state index is 0.213. The largest absolute Gasteiger partial charge is 0.489 e. The molecule has 0 heterocycles. The average Bonchev–Trinajstić information content (AvgIpc) is 2.43. The predicted molar refractivity (Wildman–Crippen MR) is 89.5 cm³/mol. The molecule has 0 aliphatic carbocycles. The molecule has 0 aliphatic rings. The zero-order chi connectivity index (χ0) is 14.5. The van der Waals surface area contributed by atoms with Gasteiger partial charge >= 0.3 is 0 Å². The molecule has 2 rings (SSSR count). The summed E-state index contributed by atoms with van der Waals surface area (Å²) in [5, 5.41) is 5.86. The Hall–Kier alpha value is -1.06. The molecule has 0 spiro atoms. The molecule has 0 amide bonds. The first-order chi connectivity index (χ1) is 9.58. The molecule has 1 atom stereocenters. The van der Waals surface area contributed by atoms with E-state index in [2.05, 4.69) is 72.3 Å².